The summed E-state index contributed by atoms with van der Waals surface area (Å²) >= 11 is 0. The lowest BCUT2D eigenvalue weighted by Crippen LogP contribution is -2.50. The smallest absolute Gasteiger partial charge is 0.287 e. The van der Waals surface area contributed by atoms with Crippen LogP contribution in [0.15, 0.2) is 40.8 Å². The van der Waals surface area contributed by atoms with E-state index in [1.807, 2.05) is 43.3 Å². The molecule has 1 saturated heterocycles. The van der Waals surface area contributed by atoms with Crippen molar-refractivity contribution in [3.8, 4) is 5.75 Å². The van der Waals surface area contributed by atoms with Crippen molar-refractivity contribution in [3.05, 3.63) is 53.5 Å². The fraction of sp³-hybridized carbons (Fsp3) is 0.450. The SMILES string of the molecule is Cc1cc(COc2ccccc2)oc1C(=O)N[C@@H]1CCOC[C@H]1OCCO. The van der Waals surface area contributed by atoms with Gasteiger partial charge in [-0.3, -0.25) is 4.79 Å². The molecule has 0 spiro atoms. The number of aliphatic hydroxyl groups is 1. The van der Waals surface area contributed by atoms with Crippen LogP contribution in [-0.2, 0) is 16.1 Å². The van der Waals surface area contributed by atoms with Crippen LogP contribution < -0.4 is 10.1 Å². The van der Waals surface area contributed by atoms with E-state index >= 15 is 0 Å². The fourth-order valence-electron chi connectivity index (χ4n) is 3.00. The Morgan fingerprint density at radius 3 is 2.93 bits per heavy atom. The summed E-state index contributed by atoms with van der Waals surface area (Å²) in [7, 11) is 0. The Hall–Kier alpha value is -2.35. The standard InChI is InChI=1S/C20H25NO6/c1-14-11-16(12-26-15-5-3-2-4-6-15)27-19(14)20(23)21-17-7-9-24-13-18(17)25-10-8-22/h2-6,11,17-18,22H,7-10,12-13H2,1H3,(H,21,23)/t17-,18-/m1/s1. The molecular weight excluding hydrogens is 350 g/mol. The minimum absolute atomic E-state index is 0.0702. The van der Waals surface area contributed by atoms with Crippen LogP contribution in [0.4, 0.5) is 0 Å². The highest BCUT2D eigenvalue weighted by atomic mass is 16.5. The van der Waals surface area contributed by atoms with E-state index < -0.39 is 0 Å². The Bertz CT molecular complexity index is 729. The number of carbonyl (C=O) groups is 1. The van der Waals surface area contributed by atoms with Crippen molar-refractivity contribution in [2.75, 3.05) is 26.4 Å². The maximum atomic E-state index is 12.6. The predicted molar refractivity (Wildman–Crippen MR) is 97.7 cm³/mol. The Morgan fingerprint density at radius 2 is 2.15 bits per heavy atom. The Kier molecular flexibility index (Phi) is 6.86. The molecule has 1 fully saturated rings. The largest absolute Gasteiger partial charge is 0.486 e. The Balaban J connectivity index is 1.60. The summed E-state index contributed by atoms with van der Waals surface area (Å²) in [5, 5.41) is 11.9. The van der Waals surface area contributed by atoms with E-state index in [0.717, 1.165) is 11.3 Å². The lowest BCUT2D eigenvalue weighted by molar-refractivity contribution is -0.0738. The summed E-state index contributed by atoms with van der Waals surface area (Å²) in [5.74, 6) is 1.31. The van der Waals surface area contributed by atoms with Gasteiger partial charge in [-0.15, -0.1) is 0 Å². The molecule has 7 nitrogen and oxygen atoms in total. The highest BCUT2D eigenvalue weighted by Gasteiger charge is 2.29. The molecule has 146 valence electrons. The van der Waals surface area contributed by atoms with Gasteiger partial charge in [-0.05, 0) is 31.5 Å². The van der Waals surface area contributed by atoms with Gasteiger partial charge in [-0.25, -0.2) is 0 Å². The predicted octanol–water partition coefficient (Wildman–Crippen LogP) is 2.06. The number of carbonyl (C=O) groups excluding carboxylic acids is 1. The summed E-state index contributed by atoms with van der Waals surface area (Å²) in [6, 6.07) is 11.0. The van der Waals surface area contributed by atoms with Crippen LogP contribution in [-0.4, -0.2) is 49.6 Å². The third kappa shape index (κ3) is 5.32. The van der Waals surface area contributed by atoms with Crippen LogP contribution in [0.2, 0.25) is 0 Å². The van der Waals surface area contributed by atoms with Crippen LogP contribution >= 0.6 is 0 Å². The number of benzene rings is 1. The van der Waals surface area contributed by atoms with Crippen molar-refractivity contribution in [3.63, 3.8) is 0 Å². The number of furan rings is 1. The topological polar surface area (TPSA) is 90.2 Å². The first-order valence-electron chi connectivity index (χ1n) is 9.05. The van der Waals surface area contributed by atoms with Crippen LogP contribution in [0.25, 0.3) is 0 Å². The van der Waals surface area contributed by atoms with Crippen molar-refractivity contribution >= 4 is 5.91 Å². The highest BCUT2D eigenvalue weighted by molar-refractivity contribution is 5.93. The third-order valence-electron chi connectivity index (χ3n) is 4.34. The number of amides is 1. The second-order valence-corrected chi connectivity index (χ2v) is 6.40. The molecule has 2 heterocycles. The van der Waals surface area contributed by atoms with Crippen molar-refractivity contribution in [2.24, 2.45) is 0 Å². The second kappa shape index (κ2) is 9.55. The molecule has 0 bridgehead atoms. The molecule has 2 N–H and O–H groups in total. The number of aliphatic hydroxyl groups excluding tert-OH is 1. The van der Waals surface area contributed by atoms with E-state index in [4.69, 9.17) is 23.7 Å². The normalized spacial score (nSPS) is 19.6. The number of aryl methyl sites for hydroxylation is 1. The van der Waals surface area contributed by atoms with Gasteiger partial charge >= 0.3 is 0 Å². The lowest BCUT2D eigenvalue weighted by Gasteiger charge is -2.31. The van der Waals surface area contributed by atoms with Gasteiger partial charge in [0.05, 0.1) is 25.9 Å². The van der Waals surface area contributed by atoms with E-state index in [0.29, 0.717) is 25.4 Å². The Morgan fingerprint density at radius 1 is 1.33 bits per heavy atom. The van der Waals surface area contributed by atoms with Gasteiger partial charge in [0.15, 0.2) is 5.76 Å². The number of hydrogen-bond donors (Lipinski definition) is 2. The zero-order valence-electron chi connectivity index (χ0n) is 15.3. The number of hydrogen-bond acceptors (Lipinski definition) is 6. The summed E-state index contributed by atoms with van der Waals surface area (Å²) in [5.41, 5.74) is 0.749. The van der Waals surface area contributed by atoms with Crippen LogP contribution in [0, 0.1) is 6.92 Å². The van der Waals surface area contributed by atoms with Crippen LogP contribution in [0.3, 0.4) is 0 Å². The summed E-state index contributed by atoms with van der Waals surface area (Å²) in [4.78, 5) is 12.6. The van der Waals surface area contributed by atoms with Gasteiger partial charge in [0.1, 0.15) is 24.2 Å². The van der Waals surface area contributed by atoms with Crippen molar-refractivity contribution in [1.29, 1.82) is 0 Å². The summed E-state index contributed by atoms with van der Waals surface area (Å²) in [6.07, 6.45) is 0.358. The van der Waals surface area contributed by atoms with Gasteiger partial charge < -0.3 is 29.1 Å². The molecule has 3 rings (SSSR count). The van der Waals surface area contributed by atoms with Gasteiger partial charge in [0.2, 0.25) is 0 Å². The molecular formula is C20H25NO6. The molecule has 1 aromatic carbocycles. The van der Waals surface area contributed by atoms with Crippen molar-refractivity contribution in [2.45, 2.75) is 32.1 Å². The molecule has 0 saturated carbocycles. The zero-order chi connectivity index (χ0) is 19.1. The third-order valence-corrected chi connectivity index (χ3v) is 4.34. The van der Waals surface area contributed by atoms with Gasteiger partial charge in [-0.1, -0.05) is 18.2 Å². The molecule has 0 radical (unpaired) electrons. The summed E-state index contributed by atoms with van der Waals surface area (Å²) < 4.78 is 22.3. The van der Waals surface area contributed by atoms with Gasteiger partial charge in [-0.2, -0.15) is 0 Å². The van der Waals surface area contributed by atoms with Crippen molar-refractivity contribution in [1.82, 2.24) is 5.32 Å². The molecule has 1 amide bonds. The average Bonchev–Trinajstić information content (AvgIpc) is 3.07. The monoisotopic (exact) mass is 375 g/mol. The van der Waals surface area contributed by atoms with Crippen LogP contribution in [0.1, 0.15) is 28.3 Å². The maximum absolute atomic E-state index is 12.6. The minimum Gasteiger partial charge on any atom is -0.486 e. The van der Waals surface area contributed by atoms with E-state index in [9.17, 15) is 4.79 Å². The highest BCUT2D eigenvalue weighted by Crippen LogP contribution is 2.19. The minimum atomic E-state index is -0.289. The van der Waals surface area contributed by atoms with Gasteiger partial charge in [0.25, 0.3) is 5.91 Å². The number of rotatable bonds is 8. The number of para-hydroxylation sites is 1. The molecule has 27 heavy (non-hydrogen) atoms. The second-order valence-electron chi connectivity index (χ2n) is 6.40. The molecule has 7 heteroatoms. The van der Waals surface area contributed by atoms with Gasteiger partial charge in [0, 0.05) is 12.2 Å². The van der Waals surface area contributed by atoms with E-state index in [2.05, 4.69) is 5.32 Å². The Labute approximate surface area is 158 Å². The first kappa shape index (κ1) is 19.4. The number of ether oxygens (including phenoxy) is 3. The first-order valence-corrected chi connectivity index (χ1v) is 9.05. The quantitative estimate of drug-likeness (QED) is 0.734. The lowest BCUT2D eigenvalue weighted by atomic mass is 10.1. The van der Waals surface area contributed by atoms with E-state index in [1.54, 1.807) is 0 Å². The zero-order valence-corrected chi connectivity index (χ0v) is 15.3. The number of nitrogens with one attached hydrogen (secondary N) is 1. The van der Waals surface area contributed by atoms with Crippen molar-refractivity contribution < 1.29 is 28.5 Å². The van der Waals surface area contributed by atoms with E-state index in [-0.39, 0.29) is 43.6 Å². The molecule has 0 aliphatic carbocycles. The molecule has 0 unspecified atom stereocenters. The van der Waals surface area contributed by atoms with Crippen LogP contribution in [0.5, 0.6) is 5.75 Å². The molecule has 2 aromatic rings. The molecule has 2 atom stereocenters. The average molecular weight is 375 g/mol. The molecule has 1 aliphatic rings. The molecule has 1 aromatic heterocycles. The fourth-order valence-corrected chi connectivity index (χ4v) is 3.00. The first-order chi connectivity index (χ1) is 13.2. The summed E-state index contributed by atoms with van der Waals surface area (Å²) in [6.45, 7) is 3.15. The molecule has 1 aliphatic heterocycles. The maximum Gasteiger partial charge on any atom is 0.287 e. The van der Waals surface area contributed by atoms with E-state index in [1.165, 1.54) is 0 Å².